The lowest BCUT2D eigenvalue weighted by Gasteiger charge is -2.18. The van der Waals surface area contributed by atoms with Gasteiger partial charge in [-0.05, 0) is 31.5 Å². The lowest BCUT2D eigenvalue weighted by atomic mass is 10.2. The molecule has 21 heavy (non-hydrogen) atoms. The summed E-state index contributed by atoms with van der Waals surface area (Å²) in [5.41, 5.74) is 1.24. The van der Waals surface area contributed by atoms with Crippen molar-refractivity contribution in [2.75, 3.05) is 19.6 Å². The van der Waals surface area contributed by atoms with Gasteiger partial charge in [0.2, 0.25) is 5.91 Å². The molecular weight excluding hydrogens is 280 g/mol. The molecule has 0 unspecified atom stereocenters. The zero-order valence-electron chi connectivity index (χ0n) is 12.6. The number of hydrogen-bond donors (Lipinski definition) is 1. The molecule has 0 spiro atoms. The van der Waals surface area contributed by atoms with E-state index in [4.69, 9.17) is 0 Å². The zero-order chi connectivity index (χ0) is 15.1. The molecule has 0 saturated heterocycles. The Hall–Kier alpha value is -1.65. The molecule has 0 atom stereocenters. The first-order valence-electron chi connectivity index (χ1n) is 7.37. The summed E-state index contributed by atoms with van der Waals surface area (Å²) in [5.74, 6) is 0.167. The molecule has 0 aliphatic rings. The summed E-state index contributed by atoms with van der Waals surface area (Å²) in [6.07, 6.45) is 0. The molecule has 2 rings (SSSR count). The fourth-order valence-corrected chi connectivity index (χ4v) is 3.19. The molecule has 1 aromatic carbocycles. The summed E-state index contributed by atoms with van der Waals surface area (Å²) in [4.78, 5) is 16.3. The van der Waals surface area contributed by atoms with Gasteiger partial charge in [0, 0.05) is 29.4 Å². The minimum Gasteiger partial charge on any atom is -0.342 e. The van der Waals surface area contributed by atoms with Gasteiger partial charge in [0.1, 0.15) is 0 Å². The van der Waals surface area contributed by atoms with Crippen molar-refractivity contribution in [2.24, 2.45) is 0 Å². The number of thiophene rings is 1. The van der Waals surface area contributed by atoms with Gasteiger partial charge < -0.3 is 10.2 Å². The quantitative estimate of drug-likeness (QED) is 0.850. The van der Waals surface area contributed by atoms with E-state index in [1.165, 1.54) is 15.3 Å². The molecule has 1 N–H and O–H groups in total. The van der Waals surface area contributed by atoms with Crippen LogP contribution in [0, 0.1) is 0 Å². The van der Waals surface area contributed by atoms with Crippen molar-refractivity contribution in [3.63, 3.8) is 0 Å². The minimum atomic E-state index is 0.167. The van der Waals surface area contributed by atoms with Crippen LogP contribution in [0.15, 0.2) is 42.5 Å². The van der Waals surface area contributed by atoms with Gasteiger partial charge >= 0.3 is 0 Å². The molecule has 0 radical (unpaired) electrons. The molecule has 2 aromatic rings. The Balaban J connectivity index is 1.85. The van der Waals surface area contributed by atoms with Crippen molar-refractivity contribution < 1.29 is 4.79 Å². The van der Waals surface area contributed by atoms with Crippen LogP contribution >= 0.6 is 11.3 Å². The Morgan fingerprint density at radius 3 is 2.48 bits per heavy atom. The Labute approximate surface area is 130 Å². The van der Waals surface area contributed by atoms with Crippen molar-refractivity contribution in [3.05, 3.63) is 47.3 Å². The largest absolute Gasteiger partial charge is 0.342 e. The lowest BCUT2D eigenvalue weighted by Crippen LogP contribution is -2.37. The maximum atomic E-state index is 11.9. The Bertz CT molecular complexity index is 561. The van der Waals surface area contributed by atoms with Gasteiger partial charge in [-0.1, -0.05) is 30.3 Å². The Morgan fingerprint density at radius 1 is 1.10 bits per heavy atom. The zero-order valence-corrected chi connectivity index (χ0v) is 13.5. The fraction of sp³-hybridized carbons (Fsp3) is 0.353. The van der Waals surface area contributed by atoms with Crippen LogP contribution in [0.5, 0.6) is 0 Å². The number of carbonyl (C=O) groups is 1. The number of likely N-dealkylation sites (N-methyl/N-ethyl adjacent to an activating group) is 1. The molecule has 0 fully saturated rings. The van der Waals surface area contributed by atoms with Gasteiger partial charge in [0.25, 0.3) is 0 Å². The molecule has 0 bridgehead atoms. The Morgan fingerprint density at radius 2 is 1.81 bits per heavy atom. The van der Waals surface area contributed by atoms with E-state index in [1.54, 1.807) is 11.3 Å². The predicted molar refractivity (Wildman–Crippen MR) is 89.4 cm³/mol. The fourth-order valence-electron chi connectivity index (χ4n) is 2.21. The van der Waals surface area contributed by atoms with E-state index >= 15 is 0 Å². The third kappa shape index (κ3) is 4.41. The first-order valence-corrected chi connectivity index (χ1v) is 8.18. The number of rotatable bonds is 7. The highest BCUT2D eigenvalue weighted by atomic mass is 32.1. The molecule has 0 aliphatic heterocycles. The van der Waals surface area contributed by atoms with Crippen molar-refractivity contribution in [2.45, 2.75) is 20.4 Å². The second-order valence-electron chi connectivity index (χ2n) is 4.80. The molecule has 1 aromatic heterocycles. The first kappa shape index (κ1) is 15.7. The number of nitrogens with one attached hydrogen (secondary N) is 1. The topological polar surface area (TPSA) is 32.3 Å². The number of benzene rings is 1. The third-order valence-corrected chi connectivity index (χ3v) is 4.55. The minimum absolute atomic E-state index is 0.167. The number of carbonyl (C=O) groups excluding carboxylic acids is 1. The number of amides is 1. The van der Waals surface area contributed by atoms with E-state index in [0.717, 1.165) is 19.6 Å². The predicted octanol–water partition coefficient (Wildman–Crippen LogP) is 3.37. The van der Waals surface area contributed by atoms with Crippen molar-refractivity contribution in [1.82, 2.24) is 10.2 Å². The van der Waals surface area contributed by atoms with Crippen LogP contribution in [-0.4, -0.2) is 30.4 Å². The SMILES string of the molecule is CCN(CC)C(=O)CNCc1ccc(-c2ccccc2)s1. The van der Waals surface area contributed by atoms with Gasteiger partial charge in [-0.15, -0.1) is 11.3 Å². The average molecular weight is 302 g/mol. The van der Waals surface area contributed by atoms with Crippen LogP contribution in [0.1, 0.15) is 18.7 Å². The summed E-state index contributed by atoms with van der Waals surface area (Å²) >= 11 is 1.77. The number of nitrogens with zero attached hydrogens (tertiary/aromatic N) is 1. The van der Waals surface area contributed by atoms with Crippen LogP contribution < -0.4 is 5.32 Å². The van der Waals surface area contributed by atoms with Crippen LogP contribution in [-0.2, 0) is 11.3 Å². The van der Waals surface area contributed by atoms with Crippen LogP contribution in [0.2, 0.25) is 0 Å². The van der Waals surface area contributed by atoms with Crippen molar-refractivity contribution in [1.29, 1.82) is 0 Å². The molecule has 0 aliphatic carbocycles. The number of hydrogen-bond acceptors (Lipinski definition) is 3. The smallest absolute Gasteiger partial charge is 0.236 e. The van der Waals surface area contributed by atoms with Gasteiger partial charge in [0.05, 0.1) is 6.54 Å². The summed E-state index contributed by atoms with van der Waals surface area (Å²) in [5, 5.41) is 3.23. The van der Waals surface area contributed by atoms with Crippen molar-refractivity contribution in [3.8, 4) is 10.4 Å². The van der Waals surface area contributed by atoms with E-state index in [1.807, 2.05) is 24.8 Å². The van der Waals surface area contributed by atoms with E-state index in [0.29, 0.717) is 6.54 Å². The molecule has 4 heteroatoms. The highest BCUT2D eigenvalue weighted by molar-refractivity contribution is 7.15. The first-order chi connectivity index (χ1) is 10.2. The van der Waals surface area contributed by atoms with E-state index in [9.17, 15) is 4.79 Å². The monoisotopic (exact) mass is 302 g/mol. The van der Waals surface area contributed by atoms with Gasteiger partial charge in [-0.3, -0.25) is 4.79 Å². The molecule has 0 saturated carbocycles. The molecular formula is C17H22N2OS. The van der Waals surface area contributed by atoms with Gasteiger partial charge in [0.15, 0.2) is 0 Å². The maximum absolute atomic E-state index is 11.9. The molecule has 1 heterocycles. The average Bonchev–Trinajstić information content (AvgIpc) is 2.98. The summed E-state index contributed by atoms with van der Waals surface area (Å²) in [6, 6.07) is 14.6. The molecule has 112 valence electrons. The van der Waals surface area contributed by atoms with Crippen molar-refractivity contribution >= 4 is 17.2 Å². The highest BCUT2D eigenvalue weighted by Crippen LogP contribution is 2.27. The van der Waals surface area contributed by atoms with Crippen LogP contribution in [0.4, 0.5) is 0 Å². The third-order valence-electron chi connectivity index (χ3n) is 3.41. The lowest BCUT2D eigenvalue weighted by molar-refractivity contribution is -0.129. The summed E-state index contributed by atoms with van der Waals surface area (Å²) in [7, 11) is 0. The maximum Gasteiger partial charge on any atom is 0.236 e. The standard InChI is InChI=1S/C17H22N2OS/c1-3-19(4-2)17(20)13-18-12-15-10-11-16(21-15)14-8-6-5-7-9-14/h5-11,18H,3-4,12-13H2,1-2H3. The van der Waals surface area contributed by atoms with Crippen LogP contribution in [0.3, 0.4) is 0 Å². The van der Waals surface area contributed by atoms with E-state index in [2.05, 4.69) is 41.7 Å². The molecule has 3 nitrogen and oxygen atoms in total. The van der Waals surface area contributed by atoms with Crippen LogP contribution in [0.25, 0.3) is 10.4 Å². The van der Waals surface area contributed by atoms with Gasteiger partial charge in [-0.25, -0.2) is 0 Å². The van der Waals surface area contributed by atoms with E-state index in [-0.39, 0.29) is 5.91 Å². The normalized spacial score (nSPS) is 10.6. The summed E-state index contributed by atoms with van der Waals surface area (Å²) in [6.45, 7) is 6.70. The van der Waals surface area contributed by atoms with E-state index < -0.39 is 0 Å². The summed E-state index contributed by atoms with van der Waals surface area (Å²) < 4.78 is 0. The highest BCUT2D eigenvalue weighted by Gasteiger charge is 2.09. The molecule has 1 amide bonds. The second-order valence-corrected chi connectivity index (χ2v) is 5.97. The Kier molecular flexibility index (Phi) is 5.96. The second kappa shape index (κ2) is 7.96. The van der Waals surface area contributed by atoms with Gasteiger partial charge in [-0.2, -0.15) is 0 Å².